The Morgan fingerprint density at radius 1 is 1.20 bits per heavy atom. The number of hydrogen-bond donors (Lipinski definition) is 2. The van der Waals surface area contributed by atoms with Gasteiger partial charge in [-0.15, -0.1) is 11.8 Å². The zero-order valence-corrected chi connectivity index (χ0v) is 12.5. The van der Waals surface area contributed by atoms with Gasteiger partial charge in [0.05, 0.1) is 0 Å². The van der Waals surface area contributed by atoms with E-state index in [1.165, 1.54) is 11.0 Å². The molecule has 0 bridgehead atoms. The fourth-order valence-electron chi connectivity index (χ4n) is 2.19. The first-order valence-corrected chi connectivity index (χ1v) is 7.71. The third-order valence-electron chi connectivity index (χ3n) is 3.45. The van der Waals surface area contributed by atoms with Crippen LogP contribution in [0.1, 0.15) is 22.7 Å². The van der Waals surface area contributed by atoms with E-state index >= 15 is 0 Å². The van der Waals surface area contributed by atoms with E-state index < -0.39 is 0 Å². The number of nitrogens with one attached hydrogen (secondary N) is 1. The Morgan fingerprint density at radius 2 is 1.90 bits per heavy atom. The van der Waals surface area contributed by atoms with E-state index in [0.29, 0.717) is 6.42 Å². The number of benzene rings is 2. The molecule has 1 atom stereocenters. The van der Waals surface area contributed by atoms with Gasteiger partial charge in [-0.1, -0.05) is 18.2 Å². The monoisotopic (exact) mass is 290 g/mol. The van der Waals surface area contributed by atoms with Crippen molar-refractivity contribution in [2.75, 3.05) is 6.26 Å². The van der Waals surface area contributed by atoms with Gasteiger partial charge < -0.3 is 0 Å². The van der Waals surface area contributed by atoms with E-state index in [2.05, 4.69) is 29.7 Å². The molecule has 0 aliphatic heterocycles. The Labute approximate surface area is 123 Å². The van der Waals surface area contributed by atoms with Crippen LogP contribution in [-0.4, -0.2) is 6.26 Å². The second-order valence-electron chi connectivity index (χ2n) is 4.77. The van der Waals surface area contributed by atoms with Crippen LogP contribution in [0.15, 0.2) is 47.4 Å². The largest absolute Gasteiger partial charge is 0.271 e. The van der Waals surface area contributed by atoms with Gasteiger partial charge >= 0.3 is 0 Å². The third-order valence-corrected chi connectivity index (χ3v) is 4.20. The number of rotatable bonds is 5. The molecule has 0 aromatic heterocycles. The van der Waals surface area contributed by atoms with Crippen LogP contribution in [0.3, 0.4) is 0 Å². The molecule has 2 rings (SSSR count). The van der Waals surface area contributed by atoms with Gasteiger partial charge in [0.1, 0.15) is 5.82 Å². The van der Waals surface area contributed by atoms with Crippen molar-refractivity contribution in [3.8, 4) is 0 Å². The van der Waals surface area contributed by atoms with E-state index in [9.17, 15) is 4.39 Å². The molecule has 0 saturated carbocycles. The van der Waals surface area contributed by atoms with Gasteiger partial charge in [0.25, 0.3) is 0 Å². The van der Waals surface area contributed by atoms with Crippen LogP contribution in [-0.2, 0) is 6.42 Å². The van der Waals surface area contributed by atoms with Crippen molar-refractivity contribution in [2.45, 2.75) is 24.3 Å². The first-order chi connectivity index (χ1) is 9.63. The predicted molar refractivity (Wildman–Crippen MR) is 83.1 cm³/mol. The predicted octanol–water partition coefficient (Wildman–Crippen LogP) is 3.60. The first kappa shape index (κ1) is 15.0. The fourth-order valence-corrected chi connectivity index (χ4v) is 2.60. The average Bonchev–Trinajstić information content (AvgIpc) is 2.48. The van der Waals surface area contributed by atoms with Crippen LogP contribution in [0.5, 0.6) is 0 Å². The SMILES string of the molecule is CSc1ccc(C(Cc2cc(F)ccc2C)NN)cc1. The molecule has 2 nitrogen and oxygen atoms in total. The van der Waals surface area contributed by atoms with Crippen molar-refractivity contribution in [3.63, 3.8) is 0 Å². The highest BCUT2D eigenvalue weighted by atomic mass is 32.2. The Kier molecular flexibility index (Phi) is 5.17. The first-order valence-electron chi connectivity index (χ1n) is 6.49. The number of hydrogen-bond acceptors (Lipinski definition) is 3. The quantitative estimate of drug-likeness (QED) is 0.502. The third kappa shape index (κ3) is 3.60. The lowest BCUT2D eigenvalue weighted by Crippen LogP contribution is -2.29. The highest BCUT2D eigenvalue weighted by Gasteiger charge is 2.12. The van der Waals surface area contributed by atoms with Gasteiger partial charge in [0.2, 0.25) is 0 Å². The highest BCUT2D eigenvalue weighted by molar-refractivity contribution is 7.98. The minimum absolute atomic E-state index is 0.0218. The van der Waals surface area contributed by atoms with Crippen molar-refractivity contribution in [3.05, 3.63) is 65.0 Å². The molecule has 0 amide bonds. The number of hydrazine groups is 1. The number of aryl methyl sites for hydroxylation is 1. The molecular weight excluding hydrogens is 271 g/mol. The van der Waals surface area contributed by atoms with Crippen molar-refractivity contribution in [1.29, 1.82) is 0 Å². The topological polar surface area (TPSA) is 38.0 Å². The second-order valence-corrected chi connectivity index (χ2v) is 5.65. The molecule has 0 heterocycles. The van der Waals surface area contributed by atoms with Crippen molar-refractivity contribution < 1.29 is 4.39 Å². The minimum Gasteiger partial charge on any atom is -0.271 e. The Morgan fingerprint density at radius 3 is 2.50 bits per heavy atom. The van der Waals surface area contributed by atoms with Gasteiger partial charge in [-0.2, -0.15) is 0 Å². The maximum atomic E-state index is 13.3. The molecule has 0 aliphatic carbocycles. The summed E-state index contributed by atoms with van der Waals surface area (Å²) in [5.74, 6) is 5.45. The van der Waals surface area contributed by atoms with Crippen molar-refractivity contribution >= 4 is 11.8 Å². The molecule has 106 valence electrons. The maximum absolute atomic E-state index is 13.3. The molecule has 0 saturated heterocycles. The molecule has 0 spiro atoms. The molecule has 2 aromatic rings. The smallest absolute Gasteiger partial charge is 0.123 e. The van der Waals surface area contributed by atoms with E-state index in [-0.39, 0.29) is 11.9 Å². The Balaban J connectivity index is 2.21. The molecule has 1 unspecified atom stereocenters. The van der Waals surface area contributed by atoms with Crippen LogP contribution in [0.25, 0.3) is 0 Å². The summed E-state index contributed by atoms with van der Waals surface area (Å²) < 4.78 is 13.3. The van der Waals surface area contributed by atoms with Crippen LogP contribution in [0, 0.1) is 12.7 Å². The maximum Gasteiger partial charge on any atom is 0.123 e. The summed E-state index contributed by atoms with van der Waals surface area (Å²) >= 11 is 1.70. The number of nitrogens with two attached hydrogens (primary N) is 1. The van der Waals surface area contributed by atoms with Gasteiger partial charge in [0, 0.05) is 10.9 Å². The average molecular weight is 290 g/mol. The molecule has 0 radical (unpaired) electrons. The molecular formula is C16H19FN2S. The highest BCUT2D eigenvalue weighted by Crippen LogP contribution is 2.23. The summed E-state index contributed by atoms with van der Waals surface area (Å²) in [7, 11) is 0. The van der Waals surface area contributed by atoms with Gasteiger partial charge in [-0.05, 0) is 60.6 Å². The molecule has 20 heavy (non-hydrogen) atoms. The Bertz CT molecular complexity index is 569. The molecule has 2 aromatic carbocycles. The second kappa shape index (κ2) is 6.88. The van der Waals surface area contributed by atoms with E-state index in [0.717, 1.165) is 16.7 Å². The summed E-state index contributed by atoms with van der Waals surface area (Å²) in [6.45, 7) is 1.99. The molecule has 4 heteroatoms. The van der Waals surface area contributed by atoms with E-state index in [1.807, 2.05) is 13.2 Å². The minimum atomic E-state index is -0.209. The fraction of sp³-hybridized carbons (Fsp3) is 0.250. The normalized spacial score (nSPS) is 12.4. The van der Waals surface area contributed by atoms with Crippen LogP contribution < -0.4 is 11.3 Å². The van der Waals surface area contributed by atoms with Gasteiger partial charge in [0.15, 0.2) is 0 Å². The van der Waals surface area contributed by atoms with Gasteiger partial charge in [-0.3, -0.25) is 11.3 Å². The van der Waals surface area contributed by atoms with E-state index in [4.69, 9.17) is 5.84 Å². The molecule has 0 fully saturated rings. The summed E-state index contributed by atoms with van der Waals surface area (Å²) in [5, 5.41) is 0. The Hall–Kier alpha value is -1.36. The lowest BCUT2D eigenvalue weighted by atomic mass is 9.96. The molecule has 3 N–H and O–H groups in total. The van der Waals surface area contributed by atoms with Crippen LogP contribution in [0.4, 0.5) is 4.39 Å². The summed E-state index contributed by atoms with van der Waals surface area (Å²) in [6, 6.07) is 13.1. The lowest BCUT2D eigenvalue weighted by molar-refractivity contribution is 0.547. The zero-order valence-electron chi connectivity index (χ0n) is 11.7. The van der Waals surface area contributed by atoms with Crippen LogP contribution in [0.2, 0.25) is 0 Å². The zero-order chi connectivity index (χ0) is 14.5. The molecule has 0 aliphatic rings. The number of halogens is 1. The summed E-state index contributed by atoms with van der Waals surface area (Å²) in [4.78, 5) is 1.21. The summed E-state index contributed by atoms with van der Waals surface area (Å²) in [6.07, 6.45) is 2.71. The standard InChI is InChI=1S/C16H19FN2S/c1-11-3-6-14(17)9-13(11)10-16(19-18)12-4-7-15(20-2)8-5-12/h3-9,16,19H,10,18H2,1-2H3. The van der Waals surface area contributed by atoms with Gasteiger partial charge in [-0.25, -0.2) is 4.39 Å². The van der Waals surface area contributed by atoms with Crippen LogP contribution >= 0.6 is 11.8 Å². The lowest BCUT2D eigenvalue weighted by Gasteiger charge is -2.18. The van der Waals surface area contributed by atoms with Crippen molar-refractivity contribution in [2.24, 2.45) is 5.84 Å². The van der Waals surface area contributed by atoms with E-state index in [1.54, 1.807) is 23.9 Å². The van der Waals surface area contributed by atoms with Crippen molar-refractivity contribution in [1.82, 2.24) is 5.43 Å². The number of thioether (sulfide) groups is 1. The summed E-state index contributed by atoms with van der Waals surface area (Å²) in [5.41, 5.74) is 5.98.